The molecule has 0 heterocycles. The van der Waals surface area contributed by atoms with Gasteiger partial charge in [0.2, 0.25) is 5.91 Å². The lowest BCUT2D eigenvalue weighted by molar-refractivity contribution is -0.870. The van der Waals surface area contributed by atoms with Crippen LogP contribution in [0.1, 0.15) is 354 Å². The SMILES string of the molecule is CCCCCCCCCCCCCCC/C=C/CC/C=C/CC/C=C/C(O)C(COP(=O)(O)OCC[N+](C)(C)C)NC(=O)CCCCCCCCCCCCCCCCCCCCCCCCCCCCCCCCCCCC. The zero-order valence-corrected chi connectivity index (χ0v) is 54.5. The molecule has 0 rings (SSSR count). The lowest BCUT2D eigenvalue weighted by Crippen LogP contribution is -2.45. The lowest BCUT2D eigenvalue weighted by Gasteiger charge is -2.25. The van der Waals surface area contributed by atoms with Crippen LogP contribution in [0.5, 0.6) is 0 Å². The Morgan fingerprint density at radius 1 is 0.418 bits per heavy atom. The molecule has 8 nitrogen and oxygen atoms in total. The zero-order chi connectivity index (χ0) is 57.7. The molecular formula is C70H138N2O6P+. The number of phosphoric acid groups is 1. The highest BCUT2D eigenvalue weighted by Gasteiger charge is 2.28. The van der Waals surface area contributed by atoms with Crippen LogP contribution in [0.2, 0.25) is 0 Å². The van der Waals surface area contributed by atoms with Crippen molar-refractivity contribution < 1.29 is 32.9 Å². The molecule has 3 N–H and O–H groups in total. The molecule has 9 heteroatoms. The third-order valence-electron chi connectivity index (χ3n) is 16.1. The molecule has 1 amide bonds. The highest BCUT2D eigenvalue weighted by atomic mass is 31.2. The smallest absolute Gasteiger partial charge is 0.387 e. The third-order valence-corrected chi connectivity index (χ3v) is 17.1. The van der Waals surface area contributed by atoms with Gasteiger partial charge < -0.3 is 19.8 Å². The summed E-state index contributed by atoms with van der Waals surface area (Å²) in [5, 5.41) is 14.0. The van der Waals surface area contributed by atoms with E-state index < -0.39 is 20.0 Å². The van der Waals surface area contributed by atoms with Gasteiger partial charge in [-0.3, -0.25) is 13.8 Å². The number of carbonyl (C=O) groups excluding carboxylic acids is 1. The first-order chi connectivity index (χ1) is 38.5. The van der Waals surface area contributed by atoms with E-state index in [1.54, 1.807) is 6.08 Å². The summed E-state index contributed by atoms with van der Waals surface area (Å²) in [6, 6.07) is -0.869. The molecule has 0 bridgehead atoms. The Bertz CT molecular complexity index is 1380. The first kappa shape index (κ1) is 77.7. The number of rotatable bonds is 65. The summed E-state index contributed by atoms with van der Waals surface area (Å²) in [5.74, 6) is -0.183. The average molecular weight is 1130 g/mol. The minimum absolute atomic E-state index is 0.0554. The van der Waals surface area contributed by atoms with Crippen molar-refractivity contribution in [2.24, 2.45) is 0 Å². The van der Waals surface area contributed by atoms with E-state index in [2.05, 4.69) is 43.5 Å². The topological polar surface area (TPSA) is 105 Å². The molecule has 0 aromatic carbocycles. The van der Waals surface area contributed by atoms with Crippen molar-refractivity contribution in [3.63, 3.8) is 0 Å². The summed E-state index contributed by atoms with van der Waals surface area (Å²) in [6.45, 7) is 4.84. The van der Waals surface area contributed by atoms with E-state index in [0.717, 1.165) is 44.9 Å². The fraction of sp³-hybridized carbons (Fsp3) is 0.900. The number of likely N-dealkylation sites (N-methyl/N-ethyl adjacent to an activating group) is 1. The molecule has 468 valence electrons. The van der Waals surface area contributed by atoms with Gasteiger partial charge in [-0.2, -0.15) is 0 Å². The van der Waals surface area contributed by atoms with Gasteiger partial charge in [-0.15, -0.1) is 0 Å². The van der Waals surface area contributed by atoms with E-state index in [1.165, 1.54) is 289 Å². The molecule has 3 atom stereocenters. The maximum absolute atomic E-state index is 13.0. The summed E-state index contributed by atoms with van der Waals surface area (Å²) in [4.78, 5) is 23.4. The first-order valence-electron chi connectivity index (χ1n) is 34.9. The number of allylic oxidation sites excluding steroid dienone is 5. The van der Waals surface area contributed by atoms with Crippen molar-refractivity contribution in [3.8, 4) is 0 Å². The summed E-state index contributed by atoms with van der Waals surface area (Å²) >= 11 is 0. The Kier molecular flexibility index (Phi) is 60.3. The van der Waals surface area contributed by atoms with Gasteiger partial charge in [-0.05, 0) is 44.9 Å². The van der Waals surface area contributed by atoms with E-state index in [1.807, 2.05) is 27.2 Å². The molecule has 3 unspecified atom stereocenters. The normalized spacial score (nSPS) is 13.9. The molecule has 0 radical (unpaired) electrons. The molecule has 0 aromatic heterocycles. The lowest BCUT2D eigenvalue weighted by atomic mass is 10.0. The standard InChI is InChI=1S/C70H137N2O6P/c1-6-8-10-12-14-16-18-20-22-24-26-28-30-31-32-33-34-35-36-37-38-39-40-42-44-46-48-50-52-54-56-58-60-62-64-70(74)71-68(67-78-79(75,76)77-66-65-72(3,4)5)69(73)63-61-59-57-55-53-51-49-47-45-43-41-29-27-25-23-21-19-17-15-13-11-9-7-2/h45,47,53,55,61,63,68-69,73H,6-44,46,48-52,54,56-60,62,64-67H2,1-5H3,(H-,71,74,75,76)/p+1/b47-45+,55-53+,63-61+. The number of nitrogens with one attached hydrogen (secondary N) is 1. The highest BCUT2D eigenvalue weighted by molar-refractivity contribution is 7.47. The quantitative estimate of drug-likeness (QED) is 0.0243. The number of hydrogen-bond donors (Lipinski definition) is 3. The van der Waals surface area contributed by atoms with E-state index in [9.17, 15) is 19.4 Å². The first-order valence-corrected chi connectivity index (χ1v) is 36.4. The molecule has 79 heavy (non-hydrogen) atoms. The minimum atomic E-state index is -4.36. The van der Waals surface area contributed by atoms with Crippen molar-refractivity contribution in [1.82, 2.24) is 5.32 Å². The number of aliphatic hydroxyl groups is 1. The second-order valence-corrected chi connectivity index (χ2v) is 26.7. The molecule has 0 aliphatic rings. The summed E-state index contributed by atoms with van der Waals surface area (Å²) in [7, 11) is 1.56. The van der Waals surface area contributed by atoms with E-state index in [4.69, 9.17) is 9.05 Å². The fourth-order valence-electron chi connectivity index (χ4n) is 10.7. The fourth-order valence-corrected chi connectivity index (χ4v) is 11.4. The van der Waals surface area contributed by atoms with Crippen LogP contribution in [0.25, 0.3) is 0 Å². The van der Waals surface area contributed by atoms with E-state index >= 15 is 0 Å². The Labute approximate surface area is 493 Å². The van der Waals surface area contributed by atoms with Crippen LogP contribution in [0.3, 0.4) is 0 Å². The number of aliphatic hydroxyl groups excluding tert-OH is 1. The van der Waals surface area contributed by atoms with E-state index in [-0.39, 0.29) is 19.1 Å². The Hall–Kier alpha value is -1.28. The largest absolute Gasteiger partial charge is 0.472 e. The van der Waals surface area contributed by atoms with Crippen LogP contribution in [-0.4, -0.2) is 73.4 Å². The van der Waals surface area contributed by atoms with Gasteiger partial charge in [-0.1, -0.05) is 339 Å². The number of quaternary nitrogens is 1. The second kappa shape index (κ2) is 61.3. The number of carbonyl (C=O) groups is 1. The van der Waals surface area contributed by atoms with Gasteiger partial charge in [0.1, 0.15) is 13.2 Å². The van der Waals surface area contributed by atoms with Crippen molar-refractivity contribution in [2.75, 3.05) is 40.9 Å². The zero-order valence-electron chi connectivity index (χ0n) is 53.6. The van der Waals surface area contributed by atoms with Crippen LogP contribution in [-0.2, 0) is 18.4 Å². The molecule has 0 fully saturated rings. The highest BCUT2D eigenvalue weighted by Crippen LogP contribution is 2.43. The monoisotopic (exact) mass is 1130 g/mol. The van der Waals surface area contributed by atoms with Gasteiger partial charge in [0, 0.05) is 6.42 Å². The number of amides is 1. The number of phosphoric ester groups is 1. The van der Waals surface area contributed by atoms with Crippen molar-refractivity contribution in [1.29, 1.82) is 0 Å². The van der Waals surface area contributed by atoms with Crippen molar-refractivity contribution >= 4 is 13.7 Å². The summed E-state index contributed by atoms with van der Waals surface area (Å²) < 4.78 is 23.8. The van der Waals surface area contributed by atoms with Crippen LogP contribution in [0.15, 0.2) is 36.5 Å². The maximum Gasteiger partial charge on any atom is 0.472 e. The van der Waals surface area contributed by atoms with Gasteiger partial charge in [0.15, 0.2) is 0 Å². The van der Waals surface area contributed by atoms with Crippen LogP contribution in [0.4, 0.5) is 0 Å². The molecule has 0 aliphatic heterocycles. The van der Waals surface area contributed by atoms with Gasteiger partial charge >= 0.3 is 7.82 Å². The third kappa shape index (κ3) is 64.1. The predicted octanol–water partition coefficient (Wildman–Crippen LogP) is 22.1. The van der Waals surface area contributed by atoms with Crippen LogP contribution >= 0.6 is 7.82 Å². The second-order valence-electron chi connectivity index (χ2n) is 25.3. The maximum atomic E-state index is 13.0. The Balaban J connectivity index is 4.04. The minimum Gasteiger partial charge on any atom is -0.387 e. The molecule has 0 saturated carbocycles. The van der Waals surface area contributed by atoms with Crippen LogP contribution < -0.4 is 5.32 Å². The van der Waals surface area contributed by atoms with Crippen LogP contribution in [0, 0.1) is 0 Å². The molecular weight excluding hydrogens is 996 g/mol. The number of nitrogens with zero attached hydrogens (tertiary/aromatic N) is 1. The predicted molar refractivity (Wildman–Crippen MR) is 346 cm³/mol. The summed E-state index contributed by atoms with van der Waals surface area (Å²) in [5.41, 5.74) is 0. The van der Waals surface area contributed by atoms with Gasteiger partial charge in [-0.25, -0.2) is 4.57 Å². The van der Waals surface area contributed by atoms with Gasteiger partial charge in [0.05, 0.1) is 39.9 Å². The van der Waals surface area contributed by atoms with Crippen molar-refractivity contribution in [2.45, 2.75) is 366 Å². The molecule has 0 aliphatic carbocycles. The molecule has 0 aromatic rings. The Morgan fingerprint density at radius 2 is 0.696 bits per heavy atom. The number of unbranched alkanes of at least 4 members (excludes halogenated alkanes) is 48. The van der Waals surface area contributed by atoms with Crippen molar-refractivity contribution in [3.05, 3.63) is 36.5 Å². The van der Waals surface area contributed by atoms with Gasteiger partial charge in [0.25, 0.3) is 0 Å². The number of hydrogen-bond acceptors (Lipinski definition) is 5. The molecule has 0 spiro atoms. The molecule has 0 saturated heterocycles. The Morgan fingerprint density at radius 3 is 1.01 bits per heavy atom. The average Bonchev–Trinajstić information content (AvgIpc) is 3.42. The summed E-state index contributed by atoms with van der Waals surface area (Å²) in [6.07, 6.45) is 81.7. The van der Waals surface area contributed by atoms with E-state index in [0.29, 0.717) is 17.4 Å².